The van der Waals surface area contributed by atoms with Crippen LogP contribution in [0, 0.1) is 0 Å². The van der Waals surface area contributed by atoms with Gasteiger partial charge in [-0.3, -0.25) is 9.59 Å². The Kier molecular flexibility index (Phi) is 9.08. The smallest absolute Gasteiger partial charge is 0.328 e. The van der Waals surface area contributed by atoms with Crippen molar-refractivity contribution in [3.8, 4) is 0 Å². The highest BCUT2D eigenvalue weighted by Crippen LogP contribution is 2.19. The molecule has 0 aliphatic carbocycles. The molecule has 0 bridgehead atoms. The largest absolute Gasteiger partial charge is 0.466 e. The zero-order chi connectivity index (χ0) is 26.9. The molecule has 3 aromatic rings. The molecule has 1 atom stereocenters. The molecule has 13 nitrogen and oxygen atoms in total. The number of nitrogens with one attached hydrogen (secondary N) is 1. The first-order chi connectivity index (χ1) is 17.7. The molecule has 1 aromatic carbocycles. The molecule has 2 heterocycles. The van der Waals surface area contributed by atoms with Gasteiger partial charge in [0.2, 0.25) is 5.95 Å². The summed E-state index contributed by atoms with van der Waals surface area (Å²) in [5.74, 6) is -1.35. The van der Waals surface area contributed by atoms with Crippen molar-refractivity contribution in [3.63, 3.8) is 0 Å². The number of fused-ring (bicyclic) bond motifs is 1. The molecule has 0 aliphatic rings. The molecule has 196 valence electrons. The van der Waals surface area contributed by atoms with Crippen LogP contribution >= 0.6 is 0 Å². The first-order valence-corrected chi connectivity index (χ1v) is 11.7. The number of hydrogen-bond acceptors (Lipinski definition) is 12. The van der Waals surface area contributed by atoms with Gasteiger partial charge in [0.1, 0.15) is 11.6 Å². The van der Waals surface area contributed by atoms with Crippen LogP contribution in [0.5, 0.6) is 0 Å². The van der Waals surface area contributed by atoms with Gasteiger partial charge in [0.15, 0.2) is 11.5 Å². The van der Waals surface area contributed by atoms with Crippen LogP contribution in [-0.4, -0.2) is 64.1 Å². The van der Waals surface area contributed by atoms with Crippen LogP contribution in [-0.2, 0) is 25.6 Å². The highest BCUT2D eigenvalue weighted by molar-refractivity contribution is 5.97. The number of hydrogen-bond donors (Lipinski definition) is 3. The van der Waals surface area contributed by atoms with Crippen molar-refractivity contribution < 1.29 is 23.9 Å². The Balaban J connectivity index is 1.66. The molecule has 0 unspecified atom stereocenters. The fraction of sp³-hybridized carbons (Fsp3) is 0.375. The Labute approximate surface area is 213 Å². The van der Waals surface area contributed by atoms with Crippen molar-refractivity contribution >= 4 is 46.5 Å². The van der Waals surface area contributed by atoms with Crippen LogP contribution in [0.4, 0.5) is 17.5 Å². The predicted molar refractivity (Wildman–Crippen MR) is 136 cm³/mol. The van der Waals surface area contributed by atoms with E-state index in [0.717, 1.165) is 5.69 Å². The highest BCUT2D eigenvalue weighted by Gasteiger charge is 2.24. The molecular weight excluding hydrogens is 480 g/mol. The average molecular weight is 511 g/mol. The topological polar surface area (TPSA) is 189 Å². The molecule has 13 heteroatoms. The fourth-order valence-corrected chi connectivity index (χ4v) is 3.49. The quantitative estimate of drug-likeness (QED) is 0.313. The molecule has 1 amide bonds. The zero-order valence-electron chi connectivity index (χ0n) is 20.9. The summed E-state index contributed by atoms with van der Waals surface area (Å²) in [6.07, 6.45) is 1.63. The highest BCUT2D eigenvalue weighted by atomic mass is 16.5. The second kappa shape index (κ2) is 12.4. The van der Waals surface area contributed by atoms with E-state index in [9.17, 15) is 14.4 Å². The van der Waals surface area contributed by atoms with E-state index in [4.69, 9.17) is 20.9 Å². The molecule has 37 heavy (non-hydrogen) atoms. The molecule has 0 fully saturated rings. The summed E-state index contributed by atoms with van der Waals surface area (Å²) in [5.41, 5.74) is 13.9. The van der Waals surface area contributed by atoms with E-state index in [0.29, 0.717) is 29.0 Å². The maximum Gasteiger partial charge on any atom is 0.328 e. The number of benzene rings is 1. The SMILES string of the molecule is CCOC(=O)CC[C@H](NC(=O)c1ccc(N(C)Cc2cnc3c(N)nc(N)nc3n2)cc1)C(=O)OCC. The zero-order valence-corrected chi connectivity index (χ0v) is 20.9. The van der Waals surface area contributed by atoms with Crippen molar-refractivity contribution in [3.05, 3.63) is 41.7 Å². The number of anilines is 3. The van der Waals surface area contributed by atoms with Crippen LogP contribution < -0.4 is 21.7 Å². The summed E-state index contributed by atoms with van der Waals surface area (Å²) in [5, 5.41) is 2.64. The summed E-state index contributed by atoms with van der Waals surface area (Å²) in [4.78, 5) is 55.4. The molecule has 2 aromatic heterocycles. The van der Waals surface area contributed by atoms with Gasteiger partial charge in [-0.1, -0.05) is 0 Å². The Bertz CT molecular complexity index is 1270. The van der Waals surface area contributed by atoms with Crippen molar-refractivity contribution in [1.82, 2.24) is 25.3 Å². The molecule has 5 N–H and O–H groups in total. The van der Waals surface area contributed by atoms with Gasteiger partial charge in [-0.15, -0.1) is 0 Å². The van der Waals surface area contributed by atoms with Crippen LogP contribution in [0.25, 0.3) is 11.2 Å². The first kappa shape index (κ1) is 27.0. The minimum atomic E-state index is -0.974. The van der Waals surface area contributed by atoms with Crippen molar-refractivity contribution in [2.24, 2.45) is 0 Å². The summed E-state index contributed by atoms with van der Waals surface area (Å²) < 4.78 is 9.93. The van der Waals surface area contributed by atoms with Gasteiger partial charge in [-0.25, -0.2) is 14.8 Å². The monoisotopic (exact) mass is 510 g/mol. The second-order valence-electron chi connectivity index (χ2n) is 8.03. The predicted octanol–water partition coefficient (Wildman–Crippen LogP) is 1.23. The number of aromatic nitrogens is 4. The summed E-state index contributed by atoms with van der Waals surface area (Å²) in [6.45, 7) is 4.15. The van der Waals surface area contributed by atoms with Crippen LogP contribution in [0.3, 0.4) is 0 Å². The molecule has 0 aliphatic heterocycles. The summed E-state index contributed by atoms with van der Waals surface area (Å²) >= 11 is 0. The van der Waals surface area contributed by atoms with E-state index in [2.05, 4.69) is 25.3 Å². The number of esters is 2. The van der Waals surface area contributed by atoms with Crippen LogP contribution in [0.15, 0.2) is 30.5 Å². The number of rotatable bonds is 11. The minimum Gasteiger partial charge on any atom is -0.466 e. The van der Waals surface area contributed by atoms with Crippen molar-refractivity contribution in [2.75, 3.05) is 36.6 Å². The second-order valence-corrected chi connectivity index (χ2v) is 8.03. The van der Waals surface area contributed by atoms with Crippen molar-refractivity contribution in [1.29, 1.82) is 0 Å². The third kappa shape index (κ3) is 7.22. The van der Waals surface area contributed by atoms with E-state index in [1.165, 1.54) is 0 Å². The fourth-order valence-electron chi connectivity index (χ4n) is 3.49. The standard InChI is InChI=1S/C24H30N8O5/c1-4-36-18(33)11-10-17(23(35)37-5-2)29-22(34)14-6-8-16(9-7-14)32(3)13-15-12-27-19-20(25)30-24(26)31-21(19)28-15/h6-9,12,17H,4-5,10-11,13H2,1-3H3,(H,29,34)(H4,25,26,28,30,31)/t17-/m0/s1. The number of nitrogens with two attached hydrogens (primary N) is 2. The average Bonchev–Trinajstić information content (AvgIpc) is 2.86. The third-order valence-corrected chi connectivity index (χ3v) is 5.29. The summed E-state index contributed by atoms with van der Waals surface area (Å²) in [7, 11) is 1.86. The lowest BCUT2D eigenvalue weighted by atomic mass is 10.1. The van der Waals surface area contributed by atoms with Crippen LogP contribution in [0.1, 0.15) is 42.7 Å². The number of carbonyl (C=O) groups excluding carboxylic acids is 3. The lowest BCUT2D eigenvalue weighted by molar-refractivity contribution is -0.146. The van der Waals surface area contributed by atoms with Crippen LogP contribution in [0.2, 0.25) is 0 Å². The Morgan fingerprint density at radius 3 is 2.41 bits per heavy atom. The normalized spacial score (nSPS) is 11.5. The maximum absolute atomic E-state index is 12.8. The van der Waals surface area contributed by atoms with E-state index in [1.54, 1.807) is 44.3 Å². The molecule has 0 saturated carbocycles. The van der Waals surface area contributed by atoms with Gasteiger partial charge in [0.25, 0.3) is 5.91 Å². The number of nitrogens with zero attached hydrogens (tertiary/aromatic N) is 5. The first-order valence-electron chi connectivity index (χ1n) is 11.7. The molecule has 0 spiro atoms. The molecule has 0 radical (unpaired) electrons. The maximum atomic E-state index is 12.8. The number of nitrogen functional groups attached to an aromatic ring is 2. The lowest BCUT2D eigenvalue weighted by Gasteiger charge is -2.20. The van der Waals surface area contributed by atoms with Crippen molar-refractivity contribution in [2.45, 2.75) is 39.3 Å². The van der Waals surface area contributed by atoms with Gasteiger partial charge < -0.3 is 31.2 Å². The van der Waals surface area contributed by atoms with Gasteiger partial charge in [-0.2, -0.15) is 9.97 Å². The number of carbonyl (C=O) groups is 3. The molecule has 0 saturated heterocycles. The number of amides is 1. The molecular formula is C24H30N8O5. The van der Waals surface area contributed by atoms with Gasteiger partial charge in [-0.05, 0) is 44.5 Å². The van der Waals surface area contributed by atoms with E-state index in [1.807, 2.05) is 11.9 Å². The Morgan fingerprint density at radius 2 is 1.73 bits per heavy atom. The van der Waals surface area contributed by atoms with E-state index in [-0.39, 0.29) is 37.8 Å². The number of ether oxygens (including phenoxy) is 2. The van der Waals surface area contributed by atoms with Gasteiger partial charge in [0.05, 0.1) is 31.6 Å². The van der Waals surface area contributed by atoms with Gasteiger partial charge in [0, 0.05) is 24.7 Å². The van der Waals surface area contributed by atoms with E-state index < -0.39 is 23.9 Å². The summed E-state index contributed by atoms with van der Waals surface area (Å²) in [6, 6.07) is 5.82. The Hall–Kier alpha value is -4.55. The van der Waals surface area contributed by atoms with E-state index >= 15 is 0 Å². The van der Waals surface area contributed by atoms with Gasteiger partial charge >= 0.3 is 11.9 Å². The third-order valence-electron chi connectivity index (χ3n) is 5.29. The molecule has 3 rings (SSSR count). The minimum absolute atomic E-state index is 0.0183. The lowest BCUT2D eigenvalue weighted by Crippen LogP contribution is -2.42. The Morgan fingerprint density at radius 1 is 1.03 bits per heavy atom.